The summed E-state index contributed by atoms with van der Waals surface area (Å²) in [6.07, 6.45) is 0. The molecule has 0 radical (unpaired) electrons. The smallest absolute Gasteiger partial charge is 0.0717 e. The monoisotopic (exact) mass is 614 g/mol. The Balaban J connectivity index is 1.19. The van der Waals surface area contributed by atoms with Crippen LogP contribution in [-0.4, -0.2) is 23.0 Å². The molecule has 30 heavy (non-hydrogen) atoms. The highest BCUT2D eigenvalue weighted by Gasteiger charge is 2.35. The zero-order chi connectivity index (χ0) is 20.2. The van der Waals surface area contributed by atoms with Crippen molar-refractivity contribution in [2.24, 2.45) is 0 Å². The summed E-state index contributed by atoms with van der Waals surface area (Å²) in [6.45, 7) is 4.62. The fourth-order valence-corrected chi connectivity index (χ4v) is 21.0. The van der Waals surface area contributed by atoms with Crippen LogP contribution in [-0.2, 0) is 0 Å². The molecule has 158 valence electrons. The van der Waals surface area contributed by atoms with Crippen molar-refractivity contribution in [2.45, 2.75) is 13.8 Å². The minimum absolute atomic E-state index is 1.26. The van der Waals surface area contributed by atoms with Gasteiger partial charge in [0.1, 0.15) is 0 Å². The van der Waals surface area contributed by atoms with Crippen LogP contribution in [0.25, 0.3) is 0 Å². The summed E-state index contributed by atoms with van der Waals surface area (Å²) in [7, 11) is 0. The van der Waals surface area contributed by atoms with Gasteiger partial charge in [-0.15, -0.1) is 47.0 Å². The van der Waals surface area contributed by atoms with Crippen molar-refractivity contribution < 1.29 is 0 Å². The van der Waals surface area contributed by atoms with E-state index in [-0.39, 0.29) is 0 Å². The van der Waals surface area contributed by atoms with Crippen LogP contribution in [0.15, 0.2) is 53.5 Å². The highest BCUT2D eigenvalue weighted by atomic mass is 32.3. The maximum absolute atomic E-state index is 2.31. The molecule has 0 nitrogen and oxygen atoms in total. The summed E-state index contributed by atoms with van der Waals surface area (Å²) >= 11 is 24.3. The van der Waals surface area contributed by atoms with Crippen LogP contribution in [0.1, 0.15) is 13.8 Å². The molecule has 0 atom stereocenters. The Morgan fingerprint density at radius 2 is 0.667 bits per heavy atom. The maximum Gasteiger partial charge on any atom is 0.0717 e. The Bertz CT molecular complexity index is 902. The highest BCUT2D eigenvalue weighted by Crippen LogP contribution is 2.69. The van der Waals surface area contributed by atoms with Gasteiger partial charge in [-0.05, 0) is 13.8 Å². The van der Waals surface area contributed by atoms with Gasteiger partial charge in [-0.3, -0.25) is 0 Å². The van der Waals surface area contributed by atoms with Crippen LogP contribution in [0.3, 0.4) is 0 Å². The molecule has 6 heterocycles. The van der Waals surface area contributed by atoms with Gasteiger partial charge in [0.15, 0.2) is 0 Å². The van der Waals surface area contributed by atoms with Gasteiger partial charge in [0.2, 0.25) is 0 Å². The molecule has 0 spiro atoms. The van der Waals surface area contributed by atoms with Crippen molar-refractivity contribution in [1.29, 1.82) is 0 Å². The topological polar surface area (TPSA) is 0 Å². The summed E-state index contributed by atoms with van der Waals surface area (Å²) in [5, 5.41) is 0. The molecule has 0 unspecified atom stereocenters. The first-order chi connectivity index (χ1) is 14.7. The molecule has 6 aliphatic rings. The fraction of sp³-hybridized carbons (Fsp3) is 0.333. The van der Waals surface area contributed by atoms with Crippen molar-refractivity contribution >= 4 is 141 Å². The minimum atomic E-state index is 1.26. The van der Waals surface area contributed by atoms with Crippen molar-refractivity contribution in [3.63, 3.8) is 0 Å². The molecule has 0 fully saturated rings. The van der Waals surface area contributed by atoms with Crippen LogP contribution < -0.4 is 0 Å². The Kier molecular flexibility index (Phi) is 7.65. The van der Waals surface area contributed by atoms with Crippen LogP contribution >= 0.6 is 141 Å². The first kappa shape index (κ1) is 23.1. The molecule has 0 aromatic heterocycles. The molecule has 0 N–H and O–H groups in total. The maximum atomic E-state index is 2.31. The molecule has 0 aromatic carbocycles. The molecule has 6 aliphatic heterocycles. The van der Waals surface area contributed by atoms with E-state index in [1.165, 1.54) is 59.6 Å². The lowest BCUT2D eigenvalue weighted by Gasteiger charge is -2.08. The molecule has 0 aliphatic carbocycles. The molecule has 12 heteroatoms. The lowest BCUT2D eigenvalue weighted by atomic mass is 10.4. The standard InChI is InChI=1S/C18H14S12/c1-7-9(25-15(23-7)17-27-11-12(28-17)20-4-3-19-11)10-8(2)24-16(26-10)18-29-13-14(30-18)22-6-5-21-13/h3-6H2,1-2H3. The van der Waals surface area contributed by atoms with Gasteiger partial charge >= 0.3 is 0 Å². The van der Waals surface area contributed by atoms with E-state index >= 15 is 0 Å². The van der Waals surface area contributed by atoms with E-state index < -0.39 is 0 Å². The number of allylic oxidation sites excluding steroid dienone is 2. The summed E-state index contributed by atoms with van der Waals surface area (Å²) in [6, 6.07) is 0. The summed E-state index contributed by atoms with van der Waals surface area (Å²) in [4.78, 5) is 5.93. The van der Waals surface area contributed by atoms with Gasteiger partial charge in [-0.2, -0.15) is 0 Å². The van der Waals surface area contributed by atoms with Gasteiger partial charge in [-0.1, -0.05) is 94.1 Å². The predicted octanol–water partition coefficient (Wildman–Crippen LogP) is 10.8. The van der Waals surface area contributed by atoms with E-state index in [1.54, 1.807) is 16.9 Å². The third-order valence-corrected chi connectivity index (χ3v) is 22.2. The van der Waals surface area contributed by atoms with E-state index in [2.05, 4.69) is 13.8 Å². The van der Waals surface area contributed by atoms with E-state index in [9.17, 15) is 0 Å². The average molecular weight is 615 g/mol. The molecular formula is C18H14S12. The van der Waals surface area contributed by atoms with Crippen molar-refractivity contribution in [1.82, 2.24) is 0 Å². The van der Waals surface area contributed by atoms with Gasteiger partial charge in [0.25, 0.3) is 0 Å². The predicted molar refractivity (Wildman–Crippen MR) is 164 cm³/mol. The van der Waals surface area contributed by atoms with Gasteiger partial charge < -0.3 is 0 Å². The SMILES string of the molecule is CC1=C(C2=C(C)SC(=C3SC4=C(SCCS4)S3)S2)SC(=C2SC3=C(SCCS3)S2)S1. The highest BCUT2D eigenvalue weighted by molar-refractivity contribution is 8.44. The zero-order valence-electron chi connectivity index (χ0n) is 15.7. The summed E-state index contributed by atoms with van der Waals surface area (Å²) < 4.78 is 12.2. The van der Waals surface area contributed by atoms with E-state index in [4.69, 9.17) is 0 Å². The van der Waals surface area contributed by atoms with Crippen LogP contribution in [0, 0.1) is 0 Å². The number of hydrogen-bond donors (Lipinski definition) is 0. The summed E-state index contributed by atoms with van der Waals surface area (Å²) in [5.74, 6) is 5.02. The second kappa shape index (κ2) is 9.95. The Morgan fingerprint density at radius 1 is 0.367 bits per heavy atom. The zero-order valence-corrected chi connectivity index (χ0v) is 25.5. The number of hydrogen-bond acceptors (Lipinski definition) is 12. The Morgan fingerprint density at radius 3 is 1.00 bits per heavy atom. The molecule has 0 aromatic rings. The number of rotatable bonds is 1. The van der Waals surface area contributed by atoms with Gasteiger partial charge in [0, 0.05) is 42.6 Å². The lowest BCUT2D eigenvalue weighted by Crippen LogP contribution is -1.88. The van der Waals surface area contributed by atoms with Crippen molar-refractivity contribution in [3.8, 4) is 0 Å². The molecule has 0 bridgehead atoms. The van der Waals surface area contributed by atoms with Crippen LogP contribution in [0.2, 0.25) is 0 Å². The van der Waals surface area contributed by atoms with Crippen molar-refractivity contribution in [3.05, 3.63) is 53.5 Å². The summed E-state index contributed by atoms with van der Waals surface area (Å²) in [5.41, 5.74) is 0. The quantitative estimate of drug-likeness (QED) is 0.276. The molecule has 6 rings (SSSR count). The van der Waals surface area contributed by atoms with E-state index in [1.807, 2.05) is 141 Å². The lowest BCUT2D eigenvalue weighted by molar-refractivity contribution is 1.56. The van der Waals surface area contributed by atoms with Crippen LogP contribution in [0.4, 0.5) is 0 Å². The second-order valence-corrected chi connectivity index (χ2v) is 21.3. The largest absolute Gasteiger partial charge is 0.116 e. The van der Waals surface area contributed by atoms with E-state index in [0.717, 1.165) is 0 Å². The fourth-order valence-electron chi connectivity index (χ4n) is 2.92. The Hall–Kier alpha value is 2.64. The third-order valence-electron chi connectivity index (χ3n) is 4.23. The molecule has 0 saturated carbocycles. The number of thioether (sulfide) groups is 12. The average Bonchev–Trinajstić information content (AvgIpc) is 3.51. The molecular weight excluding hydrogens is 601 g/mol. The normalized spacial score (nSPS) is 27.4. The second-order valence-electron chi connectivity index (χ2n) is 6.28. The van der Waals surface area contributed by atoms with Crippen LogP contribution in [0.5, 0.6) is 0 Å². The first-order valence-corrected chi connectivity index (χ1v) is 19.5. The third kappa shape index (κ3) is 4.58. The van der Waals surface area contributed by atoms with Gasteiger partial charge in [0.05, 0.1) is 33.9 Å². The minimum Gasteiger partial charge on any atom is -0.116 e. The first-order valence-electron chi connectivity index (χ1n) is 8.99. The molecule has 0 amide bonds. The Labute approximate surface area is 228 Å². The molecule has 0 saturated heterocycles. The van der Waals surface area contributed by atoms with E-state index in [0.29, 0.717) is 0 Å². The van der Waals surface area contributed by atoms with Gasteiger partial charge in [-0.25, -0.2) is 0 Å². The van der Waals surface area contributed by atoms with Crippen molar-refractivity contribution in [2.75, 3.05) is 23.0 Å².